The Labute approximate surface area is 201 Å². The Hall–Kier alpha value is -0.120. The summed E-state index contributed by atoms with van der Waals surface area (Å²) in [6.45, 7) is 20.6. The molecule has 4 aliphatic carbocycles. The van der Waals surface area contributed by atoms with Gasteiger partial charge in [0.2, 0.25) is 0 Å². The van der Waals surface area contributed by atoms with Crippen LogP contribution in [0.15, 0.2) is 0 Å². The van der Waals surface area contributed by atoms with Crippen LogP contribution in [0.25, 0.3) is 0 Å². The molecular weight excluding hydrogens is 390 g/mol. The van der Waals surface area contributed by atoms with E-state index in [-0.39, 0.29) is 16.6 Å². The van der Waals surface area contributed by atoms with Crippen LogP contribution in [-0.4, -0.2) is 16.6 Å². The van der Waals surface area contributed by atoms with Crippen LogP contribution in [0.2, 0.25) is 0 Å². The minimum absolute atomic E-state index is 0.211. The molecule has 0 radical (unpaired) electrons. The van der Waals surface area contributed by atoms with E-state index in [0.29, 0.717) is 0 Å². The Morgan fingerprint density at radius 3 is 1.16 bits per heavy atom. The molecule has 4 saturated carbocycles. The van der Waals surface area contributed by atoms with Crippen LogP contribution in [0.5, 0.6) is 0 Å². The molecule has 0 aliphatic heterocycles. The highest BCUT2D eigenvalue weighted by atomic mass is 14.9. The van der Waals surface area contributed by atoms with Crippen molar-refractivity contribution in [1.82, 2.24) is 0 Å². The van der Waals surface area contributed by atoms with Crippen LogP contribution >= 0.6 is 0 Å². The van der Waals surface area contributed by atoms with Crippen molar-refractivity contribution in [2.75, 3.05) is 0 Å². The lowest BCUT2D eigenvalue weighted by Gasteiger charge is -2.30. The van der Waals surface area contributed by atoms with Crippen molar-refractivity contribution in [3.63, 3.8) is 0 Å². The second kappa shape index (κ2) is 10.6. The van der Waals surface area contributed by atoms with Crippen molar-refractivity contribution < 1.29 is 0 Å². The summed E-state index contributed by atoms with van der Waals surface area (Å²) in [6.07, 6.45) is 11.7. The molecule has 0 aromatic carbocycles. The van der Waals surface area contributed by atoms with Gasteiger partial charge in [-0.05, 0) is 98.7 Å². The standard InChI is InChI=1S/C10H19N.C10H21N.C9H19N/c1-7(2)9(8-3-4-8)10(11)5-6-10;1-7(2)9(8(3)4)10(11)5-6-10;1-4-8(7(2)3)9(10)5-6-9/h7-9H,3-6,11H2,1-2H3;7-9H,5-6,11H2,1-4H3;7-8H,4-6,10H2,1-3H3. The zero-order valence-electron chi connectivity index (χ0n) is 23.2. The van der Waals surface area contributed by atoms with Crippen LogP contribution < -0.4 is 17.2 Å². The van der Waals surface area contributed by atoms with E-state index in [0.717, 1.165) is 47.3 Å². The third-order valence-corrected chi connectivity index (χ3v) is 9.08. The molecular formula is C29H59N3. The summed E-state index contributed by atoms with van der Waals surface area (Å²) in [4.78, 5) is 0. The van der Waals surface area contributed by atoms with E-state index in [1.807, 2.05) is 0 Å². The maximum atomic E-state index is 6.23. The molecule has 32 heavy (non-hydrogen) atoms. The number of hydrogen-bond acceptors (Lipinski definition) is 3. The third-order valence-electron chi connectivity index (χ3n) is 9.08. The first-order chi connectivity index (χ1) is 14.7. The molecule has 190 valence electrons. The minimum Gasteiger partial charge on any atom is -0.325 e. The number of rotatable bonds is 9. The lowest BCUT2D eigenvalue weighted by Crippen LogP contribution is -2.38. The van der Waals surface area contributed by atoms with Gasteiger partial charge >= 0.3 is 0 Å². The van der Waals surface area contributed by atoms with Crippen molar-refractivity contribution in [3.8, 4) is 0 Å². The highest BCUT2D eigenvalue weighted by molar-refractivity contribution is 5.09. The third kappa shape index (κ3) is 7.44. The summed E-state index contributed by atoms with van der Waals surface area (Å²) in [5.74, 6) is 6.34. The van der Waals surface area contributed by atoms with E-state index < -0.39 is 0 Å². The maximum absolute atomic E-state index is 6.23. The second-order valence-electron chi connectivity index (χ2n) is 13.6. The van der Waals surface area contributed by atoms with Crippen LogP contribution in [0, 0.1) is 47.3 Å². The fourth-order valence-electron chi connectivity index (χ4n) is 7.24. The summed E-state index contributed by atoms with van der Waals surface area (Å²) in [6, 6.07) is 0. The second-order valence-corrected chi connectivity index (χ2v) is 13.6. The molecule has 4 aliphatic rings. The molecule has 0 aromatic heterocycles. The van der Waals surface area contributed by atoms with Gasteiger partial charge in [0.25, 0.3) is 0 Å². The average molecular weight is 450 g/mol. The molecule has 0 aromatic rings. The molecule has 6 N–H and O–H groups in total. The molecule has 0 heterocycles. The summed E-state index contributed by atoms with van der Waals surface area (Å²) < 4.78 is 0. The average Bonchev–Trinajstić information content (AvgIpc) is 3.43. The molecule has 3 heteroatoms. The zero-order chi connectivity index (χ0) is 24.5. The Kier molecular flexibility index (Phi) is 9.36. The molecule has 0 saturated heterocycles. The van der Waals surface area contributed by atoms with E-state index in [4.69, 9.17) is 17.2 Å². The van der Waals surface area contributed by atoms with Crippen molar-refractivity contribution >= 4 is 0 Å². The minimum atomic E-state index is 0.211. The van der Waals surface area contributed by atoms with E-state index in [1.165, 1.54) is 57.8 Å². The van der Waals surface area contributed by atoms with Crippen molar-refractivity contribution in [3.05, 3.63) is 0 Å². The monoisotopic (exact) mass is 449 g/mol. The van der Waals surface area contributed by atoms with Crippen LogP contribution in [-0.2, 0) is 0 Å². The molecule has 3 nitrogen and oxygen atoms in total. The first-order valence-corrected chi connectivity index (χ1v) is 14.1. The fourth-order valence-corrected chi connectivity index (χ4v) is 7.24. The quantitative estimate of drug-likeness (QED) is 0.365. The van der Waals surface area contributed by atoms with Gasteiger partial charge in [0.05, 0.1) is 0 Å². The molecule has 0 amide bonds. The SMILES string of the molecule is CC(C)C(C(C)C)C1(N)CC1.CC(C)C(C1CC1)C1(N)CC1.CCC(C(C)C)C1(N)CC1. The number of hydrogen-bond donors (Lipinski definition) is 3. The van der Waals surface area contributed by atoms with E-state index in [2.05, 4.69) is 62.3 Å². The zero-order valence-corrected chi connectivity index (χ0v) is 23.2. The lowest BCUT2D eigenvalue weighted by atomic mass is 9.78. The highest BCUT2D eigenvalue weighted by Gasteiger charge is 2.52. The predicted octanol–water partition coefficient (Wildman–Crippen LogP) is 6.73. The molecule has 0 spiro atoms. The summed E-state index contributed by atoms with van der Waals surface area (Å²) in [5.41, 5.74) is 19.3. The Bertz CT molecular complexity index is 523. The fraction of sp³-hybridized carbons (Fsp3) is 1.00. The topological polar surface area (TPSA) is 78.1 Å². The number of nitrogens with two attached hydrogens (primary N) is 3. The van der Waals surface area contributed by atoms with Crippen LogP contribution in [0.4, 0.5) is 0 Å². The van der Waals surface area contributed by atoms with Gasteiger partial charge in [-0.15, -0.1) is 0 Å². The summed E-state index contributed by atoms with van der Waals surface area (Å²) in [5, 5.41) is 0. The van der Waals surface area contributed by atoms with Crippen LogP contribution in [0.1, 0.15) is 120 Å². The van der Waals surface area contributed by atoms with Gasteiger partial charge in [0, 0.05) is 16.6 Å². The predicted molar refractivity (Wildman–Crippen MR) is 141 cm³/mol. The Morgan fingerprint density at radius 1 is 0.594 bits per heavy atom. The van der Waals surface area contributed by atoms with Crippen molar-refractivity contribution in [2.24, 2.45) is 64.5 Å². The summed E-state index contributed by atoms with van der Waals surface area (Å²) >= 11 is 0. The van der Waals surface area contributed by atoms with Gasteiger partial charge in [-0.3, -0.25) is 0 Å². The van der Waals surface area contributed by atoms with Crippen molar-refractivity contribution in [2.45, 2.75) is 137 Å². The van der Waals surface area contributed by atoms with Gasteiger partial charge < -0.3 is 17.2 Å². The Morgan fingerprint density at radius 2 is 1.00 bits per heavy atom. The summed E-state index contributed by atoms with van der Waals surface area (Å²) in [7, 11) is 0. The molecule has 2 atom stereocenters. The Balaban J connectivity index is 0.000000170. The van der Waals surface area contributed by atoms with Gasteiger partial charge in [-0.2, -0.15) is 0 Å². The smallest absolute Gasteiger partial charge is 0.0189 e. The van der Waals surface area contributed by atoms with Gasteiger partial charge in [-0.25, -0.2) is 0 Å². The maximum Gasteiger partial charge on any atom is 0.0189 e. The normalized spacial score (nSPS) is 25.8. The largest absolute Gasteiger partial charge is 0.325 e. The van der Waals surface area contributed by atoms with Crippen molar-refractivity contribution in [1.29, 1.82) is 0 Å². The molecule has 2 unspecified atom stereocenters. The van der Waals surface area contributed by atoms with E-state index in [9.17, 15) is 0 Å². The van der Waals surface area contributed by atoms with Gasteiger partial charge in [0.1, 0.15) is 0 Å². The first-order valence-electron chi connectivity index (χ1n) is 14.1. The molecule has 4 rings (SSSR count). The van der Waals surface area contributed by atoms with Gasteiger partial charge in [0.15, 0.2) is 0 Å². The molecule has 0 bridgehead atoms. The van der Waals surface area contributed by atoms with Gasteiger partial charge in [-0.1, -0.05) is 68.7 Å². The van der Waals surface area contributed by atoms with Crippen LogP contribution in [0.3, 0.4) is 0 Å². The lowest BCUT2D eigenvalue weighted by molar-refractivity contribution is 0.224. The molecule has 4 fully saturated rings. The van der Waals surface area contributed by atoms with E-state index in [1.54, 1.807) is 0 Å². The first kappa shape index (κ1) is 28.1. The van der Waals surface area contributed by atoms with E-state index >= 15 is 0 Å². The highest BCUT2D eigenvalue weighted by Crippen LogP contribution is 2.53.